The van der Waals surface area contributed by atoms with Crippen LogP contribution in [-0.4, -0.2) is 24.0 Å². The number of rotatable bonds is 3. The number of fused-ring (bicyclic) bond motifs is 1. The van der Waals surface area contributed by atoms with Crippen LogP contribution in [0.25, 0.3) is 0 Å². The molecule has 1 saturated heterocycles. The van der Waals surface area contributed by atoms with Gasteiger partial charge in [0.2, 0.25) is 0 Å². The van der Waals surface area contributed by atoms with E-state index in [1.165, 1.54) is 0 Å². The van der Waals surface area contributed by atoms with E-state index in [9.17, 15) is 4.79 Å². The van der Waals surface area contributed by atoms with E-state index in [1.807, 2.05) is 0 Å². The van der Waals surface area contributed by atoms with Crippen LogP contribution < -0.4 is 5.32 Å². The molecule has 0 spiro atoms. The van der Waals surface area contributed by atoms with E-state index in [0.29, 0.717) is 24.2 Å². The van der Waals surface area contributed by atoms with Crippen molar-refractivity contribution >= 4 is 5.78 Å². The third-order valence-corrected chi connectivity index (χ3v) is 4.89. The van der Waals surface area contributed by atoms with Crippen molar-refractivity contribution in [1.29, 1.82) is 0 Å². The lowest BCUT2D eigenvalue weighted by Gasteiger charge is -2.24. The highest BCUT2D eigenvalue weighted by Crippen LogP contribution is 2.33. The van der Waals surface area contributed by atoms with Gasteiger partial charge in [0, 0.05) is 12.8 Å². The molecule has 0 radical (unpaired) electrons. The Morgan fingerprint density at radius 1 is 1.30 bits per heavy atom. The normalized spacial score (nSPS) is 24.1. The van der Waals surface area contributed by atoms with Gasteiger partial charge in [0.1, 0.15) is 5.76 Å². The van der Waals surface area contributed by atoms with Crippen LogP contribution in [0.15, 0.2) is 4.52 Å². The van der Waals surface area contributed by atoms with Crippen LogP contribution in [0, 0.1) is 17.8 Å². The molecule has 1 unspecified atom stereocenters. The second kappa shape index (κ2) is 5.68. The Balaban J connectivity index is 1.77. The van der Waals surface area contributed by atoms with Gasteiger partial charge < -0.3 is 9.84 Å². The summed E-state index contributed by atoms with van der Waals surface area (Å²) in [5.41, 5.74) is 1.73. The number of piperidine rings is 1. The highest BCUT2D eigenvalue weighted by Gasteiger charge is 2.33. The minimum atomic E-state index is 0.245. The molecule has 1 aromatic heterocycles. The van der Waals surface area contributed by atoms with Gasteiger partial charge in [-0.2, -0.15) is 0 Å². The van der Waals surface area contributed by atoms with Gasteiger partial charge in [-0.05, 0) is 50.1 Å². The number of hydrogen-bond donors (Lipinski definition) is 1. The fourth-order valence-corrected chi connectivity index (χ4v) is 3.44. The molecule has 0 amide bonds. The second-order valence-corrected chi connectivity index (χ2v) is 6.66. The van der Waals surface area contributed by atoms with E-state index in [1.54, 1.807) is 0 Å². The van der Waals surface area contributed by atoms with Gasteiger partial charge in [-0.25, -0.2) is 0 Å². The fourth-order valence-electron chi connectivity index (χ4n) is 3.44. The zero-order chi connectivity index (χ0) is 14.1. The number of aromatic nitrogens is 1. The largest absolute Gasteiger partial charge is 0.360 e. The first kappa shape index (κ1) is 13.8. The molecule has 2 aliphatic rings. The van der Waals surface area contributed by atoms with Crippen LogP contribution in [0.2, 0.25) is 0 Å². The number of nitrogens with one attached hydrogen (secondary N) is 1. The third kappa shape index (κ3) is 2.66. The van der Waals surface area contributed by atoms with Gasteiger partial charge in [-0.1, -0.05) is 19.0 Å². The van der Waals surface area contributed by atoms with E-state index in [0.717, 1.165) is 55.8 Å². The Kier molecular flexibility index (Phi) is 3.92. The first-order valence-corrected chi connectivity index (χ1v) is 7.86. The molecule has 1 atom stereocenters. The van der Waals surface area contributed by atoms with Crippen molar-refractivity contribution in [1.82, 2.24) is 10.5 Å². The van der Waals surface area contributed by atoms with Crippen molar-refractivity contribution in [3.63, 3.8) is 0 Å². The molecule has 20 heavy (non-hydrogen) atoms. The summed E-state index contributed by atoms with van der Waals surface area (Å²) in [7, 11) is 0. The molecule has 1 fully saturated rings. The van der Waals surface area contributed by atoms with E-state index < -0.39 is 0 Å². The van der Waals surface area contributed by atoms with E-state index in [2.05, 4.69) is 24.3 Å². The Labute approximate surface area is 120 Å². The summed E-state index contributed by atoms with van der Waals surface area (Å²) < 4.78 is 5.53. The maximum Gasteiger partial charge on any atom is 0.168 e. The summed E-state index contributed by atoms with van der Waals surface area (Å²) in [4.78, 5) is 12.4. The highest BCUT2D eigenvalue weighted by molar-refractivity contribution is 5.99. The highest BCUT2D eigenvalue weighted by atomic mass is 16.5. The molecule has 4 nitrogen and oxygen atoms in total. The fraction of sp³-hybridized carbons (Fsp3) is 0.750. The average molecular weight is 276 g/mol. The number of carbonyl (C=O) groups excluding carboxylic acids is 1. The Morgan fingerprint density at radius 2 is 2.05 bits per heavy atom. The van der Waals surface area contributed by atoms with Crippen molar-refractivity contribution in [3.05, 3.63) is 17.0 Å². The van der Waals surface area contributed by atoms with Crippen molar-refractivity contribution in [2.45, 2.75) is 46.0 Å². The second-order valence-electron chi connectivity index (χ2n) is 6.66. The van der Waals surface area contributed by atoms with Crippen LogP contribution in [0.4, 0.5) is 0 Å². The lowest BCUT2D eigenvalue weighted by Crippen LogP contribution is -2.29. The van der Waals surface area contributed by atoms with E-state index in [4.69, 9.17) is 4.52 Å². The number of nitrogens with zero attached hydrogens (tertiary/aromatic N) is 1. The Hall–Kier alpha value is -1.16. The lowest BCUT2D eigenvalue weighted by molar-refractivity contribution is 0.0931. The van der Waals surface area contributed by atoms with Gasteiger partial charge in [-0.3, -0.25) is 4.79 Å². The Morgan fingerprint density at radius 3 is 2.75 bits per heavy atom. The molecule has 2 heterocycles. The van der Waals surface area contributed by atoms with Crippen LogP contribution in [0.3, 0.4) is 0 Å². The molecule has 0 aromatic carbocycles. The van der Waals surface area contributed by atoms with Crippen LogP contribution in [-0.2, 0) is 12.8 Å². The van der Waals surface area contributed by atoms with Crippen LogP contribution in [0.5, 0.6) is 0 Å². The summed E-state index contributed by atoms with van der Waals surface area (Å²) in [6.07, 6.45) is 4.76. The van der Waals surface area contributed by atoms with Gasteiger partial charge >= 0.3 is 0 Å². The average Bonchev–Trinajstić information content (AvgIpc) is 2.83. The molecule has 4 heteroatoms. The van der Waals surface area contributed by atoms with Gasteiger partial charge in [0.25, 0.3) is 0 Å². The number of ketones is 1. The summed E-state index contributed by atoms with van der Waals surface area (Å²) in [6, 6.07) is 0. The molecule has 1 aromatic rings. The minimum Gasteiger partial charge on any atom is -0.360 e. The molecule has 110 valence electrons. The van der Waals surface area contributed by atoms with Gasteiger partial charge in [-0.15, -0.1) is 0 Å². The van der Waals surface area contributed by atoms with Crippen LogP contribution >= 0.6 is 0 Å². The van der Waals surface area contributed by atoms with Gasteiger partial charge in [0.15, 0.2) is 5.78 Å². The number of Topliss-reactive ketones (excluding diaryl/α,β-unsaturated/α-hetero) is 1. The maximum atomic E-state index is 12.4. The molecular formula is C16H24N2O2. The zero-order valence-electron chi connectivity index (χ0n) is 12.4. The van der Waals surface area contributed by atoms with Crippen molar-refractivity contribution in [3.8, 4) is 0 Å². The van der Waals surface area contributed by atoms with Crippen molar-refractivity contribution in [2.75, 3.05) is 13.1 Å². The SMILES string of the molecule is CC(C)C1CC(=O)c2c(noc2CC2CCNCC2)C1. The smallest absolute Gasteiger partial charge is 0.168 e. The van der Waals surface area contributed by atoms with Gasteiger partial charge in [0.05, 0.1) is 11.3 Å². The quantitative estimate of drug-likeness (QED) is 0.922. The minimum absolute atomic E-state index is 0.245. The van der Waals surface area contributed by atoms with E-state index in [-0.39, 0.29) is 5.78 Å². The molecule has 1 N–H and O–H groups in total. The first-order valence-electron chi connectivity index (χ1n) is 7.86. The standard InChI is InChI=1S/C16H24N2O2/c1-10(2)12-8-13-16(14(19)9-12)15(20-18-13)7-11-3-5-17-6-4-11/h10-12,17H,3-9H2,1-2H3. The lowest BCUT2D eigenvalue weighted by atomic mass is 9.79. The predicted molar refractivity (Wildman–Crippen MR) is 76.8 cm³/mol. The molecule has 1 aliphatic carbocycles. The predicted octanol–water partition coefficient (Wildman–Crippen LogP) is 2.62. The zero-order valence-corrected chi connectivity index (χ0v) is 12.4. The van der Waals surface area contributed by atoms with E-state index >= 15 is 0 Å². The molecular weight excluding hydrogens is 252 g/mol. The maximum absolute atomic E-state index is 12.4. The Bertz CT molecular complexity index is 487. The third-order valence-electron chi connectivity index (χ3n) is 4.89. The monoisotopic (exact) mass is 276 g/mol. The summed E-state index contributed by atoms with van der Waals surface area (Å²) >= 11 is 0. The number of carbonyl (C=O) groups is 1. The summed E-state index contributed by atoms with van der Waals surface area (Å²) in [6.45, 7) is 6.51. The summed E-state index contributed by atoms with van der Waals surface area (Å²) in [5, 5.41) is 7.56. The molecule has 0 bridgehead atoms. The van der Waals surface area contributed by atoms with Crippen molar-refractivity contribution in [2.24, 2.45) is 17.8 Å². The number of hydrogen-bond acceptors (Lipinski definition) is 4. The summed E-state index contributed by atoms with van der Waals surface area (Å²) in [5.74, 6) is 2.67. The van der Waals surface area contributed by atoms with Crippen molar-refractivity contribution < 1.29 is 9.32 Å². The molecule has 3 rings (SSSR count). The molecule has 0 saturated carbocycles. The first-order chi connectivity index (χ1) is 9.65. The topological polar surface area (TPSA) is 55.1 Å². The van der Waals surface area contributed by atoms with Crippen LogP contribution in [0.1, 0.15) is 54.9 Å². The molecule has 1 aliphatic heterocycles.